The molecule has 2 atom stereocenters. The Bertz CT molecular complexity index is 985. The highest BCUT2D eigenvalue weighted by molar-refractivity contribution is 7.80. The molecule has 2 aromatic heterocycles. The lowest BCUT2D eigenvalue weighted by Gasteiger charge is -2.27. The van der Waals surface area contributed by atoms with Crippen molar-refractivity contribution in [3.63, 3.8) is 0 Å². The number of nitrogens with one attached hydrogen (secondary N) is 1. The summed E-state index contributed by atoms with van der Waals surface area (Å²) in [4.78, 5) is 6.79. The van der Waals surface area contributed by atoms with E-state index in [9.17, 15) is 0 Å². The Hall–Kier alpha value is -2.86. The van der Waals surface area contributed by atoms with Crippen molar-refractivity contribution in [2.45, 2.75) is 32.9 Å². The summed E-state index contributed by atoms with van der Waals surface area (Å²) in [5.41, 5.74) is 1.97. The van der Waals surface area contributed by atoms with Crippen LogP contribution >= 0.6 is 12.2 Å². The van der Waals surface area contributed by atoms with E-state index in [1.807, 2.05) is 61.7 Å². The second-order valence-electron chi connectivity index (χ2n) is 7.83. The number of benzene rings is 1. The summed E-state index contributed by atoms with van der Waals surface area (Å²) in [7, 11) is 0. The Morgan fingerprint density at radius 1 is 1.13 bits per heavy atom. The molecule has 30 heavy (non-hydrogen) atoms. The summed E-state index contributed by atoms with van der Waals surface area (Å²) in [5.74, 6) is 3.03. The molecule has 0 aliphatic carbocycles. The van der Waals surface area contributed by atoms with Gasteiger partial charge in [-0.1, -0.05) is 19.9 Å². The van der Waals surface area contributed by atoms with Gasteiger partial charge in [0.05, 0.1) is 18.3 Å². The van der Waals surface area contributed by atoms with Crippen molar-refractivity contribution in [2.75, 3.05) is 13.2 Å². The van der Waals surface area contributed by atoms with Crippen LogP contribution in [-0.2, 0) is 0 Å². The third-order valence-corrected chi connectivity index (χ3v) is 5.48. The van der Waals surface area contributed by atoms with E-state index < -0.39 is 0 Å². The lowest BCUT2D eigenvalue weighted by Crippen LogP contribution is -2.32. The first kappa shape index (κ1) is 20.4. The molecule has 0 spiro atoms. The summed E-state index contributed by atoms with van der Waals surface area (Å²) in [5, 5.41) is 4.20. The Morgan fingerprint density at radius 2 is 1.93 bits per heavy atom. The van der Waals surface area contributed by atoms with Crippen LogP contribution < -0.4 is 10.1 Å². The maximum absolute atomic E-state index is 6.36. The van der Waals surface area contributed by atoms with E-state index in [4.69, 9.17) is 21.4 Å². The number of ether oxygens (including phenoxy) is 1. The van der Waals surface area contributed by atoms with Crippen molar-refractivity contribution in [3.8, 4) is 17.1 Å². The summed E-state index contributed by atoms with van der Waals surface area (Å²) < 4.78 is 11.9. The fraction of sp³-hybridized carbons (Fsp3) is 0.333. The zero-order valence-electron chi connectivity index (χ0n) is 17.5. The Kier molecular flexibility index (Phi) is 6.04. The zero-order chi connectivity index (χ0) is 21.1. The van der Waals surface area contributed by atoms with Crippen LogP contribution in [-0.4, -0.2) is 28.1 Å². The highest BCUT2D eigenvalue weighted by Crippen LogP contribution is 2.40. The number of thiocarbonyl (C=S) groups is 1. The van der Waals surface area contributed by atoms with Crippen LogP contribution in [0.5, 0.6) is 5.75 Å². The molecule has 1 saturated heterocycles. The maximum atomic E-state index is 6.36. The summed E-state index contributed by atoms with van der Waals surface area (Å²) >= 11 is 5.68. The molecule has 0 bridgehead atoms. The van der Waals surface area contributed by atoms with Gasteiger partial charge in [0.25, 0.3) is 0 Å². The third kappa shape index (κ3) is 4.19. The Labute approximate surface area is 183 Å². The lowest BCUT2D eigenvalue weighted by atomic mass is 10.0. The van der Waals surface area contributed by atoms with Gasteiger partial charge in [-0.2, -0.15) is 0 Å². The minimum absolute atomic E-state index is 0.0498. The van der Waals surface area contributed by atoms with E-state index in [0.717, 1.165) is 40.2 Å². The molecule has 3 heterocycles. The number of furan rings is 1. The highest BCUT2D eigenvalue weighted by Gasteiger charge is 2.41. The SMILES string of the molecule is CCOc1ccc(-c2ccc([C@H]3[C@@H](c4ccccn4)NC(=S)N3CC(C)C)o2)cc1. The lowest BCUT2D eigenvalue weighted by molar-refractivity contribution is 0.253. The van der Waals surface area contributed by atoms with Gasteiger partial charge >= 0.3 is 0 Å². The molecule has 0 saturated carbocycles. The molecule has 3 aromatic rings. The van der Waals surface area contributed by atoms with Crippen LogP contribution in [0.1, 0.15) is 44.3 Å². The molecule has 0 radical (unpaired) electrons. The molecule has 1 aliphatic heterocycles. The second-order valence-corrected chi connectivity index (χ2v) is 8.22. The number of pyridine rings is 1. The summed E-state index contributed by atoms with van der Waals surface area (Å²) in [6.45, 7) is 7.87. The predicted octanol–water partition coefficient (Wildman–Crippen LogP) is 5.37. The normalized spacial score (nSPS) is 18.7. The third-order valence-electron chi connectivity index (χ3n) is 5.13. The first-order chi connectivity index (χ1) is 14.6. The van der Waals surface area contributed by atoms with E-state index in [1.54, 1.807) is 0 Å². The van der Waals surface area contributed by atoms with E-state index in [-0.39, 0.29) is 12.1 Å². The number of hydrogen-bond acceptors (Lipinski definition) is 4. The second kappa shape index (κ2) is 8.88. The molecule has 0 amide bonds. The fourth-order valence-electron chi connectivity index (χ4n) is 3.85. The van der Waals surface area contributed by atoms with Crippen molar-refractivity contribution in [3.05, 3.63) is 72.2 Å². The van der Waals surface area contributed by atoms with Crippen LogP contribution in [0.3, 0.4) is 0 Å². The average Bonchev–Trinajstić information content (AvgIpc) is 3.34. The van der Waals surface area contributed by atoms with Gasteiger partial charge in [0.2, 0.25) is 0 Å². The first-order valence-corrected chi connectivity index (χ1v) is 10.8. The Morgan fingerprint density at radius 3 is 2.60 bits per heavy atom. The van der Waals surface area contributed by atoms with E-state index in [1.165, 1.54) is 0 Å². The molecular formula is C24H27N3O2S. The number of hydrogen-bond donors (Lipinski definition) is 1. The smallest absolute Gasteiger partial charge is 0.170 e. The molecular weight excluding hydrogens is 394 g/mol. The van der Waals surface area contributed by atoms with Gasteiger partial charge in [-0.15, -0.1) is 0 Å². The van der Waals surface area contributed by atoms with Gasteiger partial charge in [0.1, 0.15) is 23.3 Å². The maximum Gasteiger partial charge on any atom is 0.170 e. The van der Waals surface area contributed by atoms with Crippen LogP contribution in [0, 0.1) is 5.92 Å². The topological polar surface area (TPSA) is 50.5 Å². The van der Waals surface area contributed by atoms with E-state index >= 15 is 0 Å². The number of rotatable bonds is 7. The summed E-state index contributed by atoms with van der Waals surface area (Å²) in [6, 6.07) is 17.9. The average molecular weight is 422 g/mol. The minimum atomic E-state index is -0.0585. The number of aromatic nitrogens is 1. The molecule has 156 valence electrons. The van der Waals surface area contributed by atoms with Crippen molar-refractivity contribution >= 4 is 17.3 Å². The van der Waals surface area contributed by atoms with Gasteiger partial charge < -0.3 is 19.4 Å². The molecule has 0 unspecified atom stereocenters. The van der Waals surface area contributed by atoms with Crippen LogP contribution in [0.15, 0.2) is 65.2 Å². The van der Waals surface area contributed by atoms with E-state index in [2.05, 4.69) is 35.1 Å². The van der Waals surface area contributed by atoms with Crippen molar-refractivity contribution in [1.82, 2.24) is 15.2 Å². The first-order valence-electron chi connectivity index (χ1n) is 10.4. The fourth-order valence-corrected chi connectivity index (χ4v) is 4.17. The van der Waals surface area contributed by atoms with Gasteiger partial charge in [-0.3, -0.25) is 4.98 Å². The van der Waals surface area contributed by atoms with Crippen LogP contribution in [0.4, 0.5) is 0 Å². The van der Waals surface area contributed by atoms with Crippen LogP contribution in [0.25, 0.3) is 11.3 Å². The monoisotopic (exact) mass is 421 g/mol. The predicted molar refractivity (Wildman–Crippen MR) is 122 cm³/mol. The standard InChI is InChI=1S/C24H27N3O2S/c1-4-28-18-10-8-17(9-11-18)20-12-13-21(29-20)23-22(19-7-5-6-14-25-19)26-24(30)27(23)15-16(2)3/h5-14,16,22-23H,4,15H2,1-3H3,(H,26,30)/t22-,23+/m1/s1. The molecule has 5 nitrogen and oxygen atoms in total. The zero-order valence-corrected chi connectivity index (χ0v) is 18.4. The van der Waals surface area contributed by atoms with Gasteiger partial charge in [-0.05, 0) is 73.6 Å². The quantitative estimate of drug-likeness (QED) is 0.518. The highest BCUT2D eigenvalue weighted by atomic mass is 32.1. The van der Waals surface area contributed by atoms with E-state index in [0.29, 0.717) is 12.5 Å². The molecule has 1 aromatic carbocycles. The molecule has 1 aliphatic rings. The number of nitrogens with zero attached hydrogens (tertiary/aromatic N) is 2. The Balaban J connectivity index is 1.67. The molecule has 4 rings (SSSR count). The largest absolute Gasteiger partial charge is 0.494 e. The van der Waals surface area contributed by atoms with Crippen molar-refractivity contribution < 1.29 is 9.15 Å². The van der Waals surface area contributed by atoms with Crippen molar-refractivity contribution in [1.29, 1.82) is 0 Å². The summed E-state index contributed by atoms with van der Waals surface area (Å²) in [6.07, 6.45) is 1.82. The van der Waals surface area contributed by atoms with Gasteiger partial charge in [0.15, 0.2) is 5.11 Å². The van der Waals surface area contributed by atoms with Gasteiger partial charge in [-0.25, -0.2) is 0 Å². The van der Waals surface area contributed by atoms with Crippen LogP contribution in [0.2, 0.25) is 0 Å². The minimum Gasteiger partial charge on any atom is -0.494 e. The molecule has 1 fully saturated rings. The molecule has 6 heteroatoms. The molecule has 1 N–H and O–H groups in total. The van der Waals surface area contributed by atoms with Crippen molar-refractivity contribution in [2.24, 2.45) is 5.92 Å². The van der Waals surface area contributed by atoms with Gasteiger partial charge in [0, 0.05) is 18.3 Å².